The number of aromatic nitrogens is 1. The molecule has 2 aromatic rings. The normalized spacial score (nSPS) is 11.2. The van der Waals surface area contributed by atoms with Crippen molar-refractivity contribution in [3.05, 3.63) is 39.8 Å². The molecule has 0 fully saturated rings. The summed E-state index contributed by atoms with van der Waals surface area (Å²) in [6.07, 6.45) is 0. The van der Waals surface area contributed by atoms with Gasteiger partial charge < -0.3 is 20.7 Å². The standard InChI is InChI=1S/C19H27N5O2S/c1-5-20-19(22-12-18-13(2)23-15(4)27-18)21-9-10-26-17-8-6-7-16(11-17)24-14(3)25/h6-8,11H,5,9-10,12H2,1-4H3,(H,24,25)(H2,20,21,22). The molecule has 0 atom stereocenters. The second kappa shape index (κ2) is 10.5. The summed E-state index contributed by atoms with van der Waals surface area (Å²) in [5.41, 5.74) is 1.76. The summed E-state index contributed by atoms with van der Waals surface area (Å²) < 4.78 is 5.74. The Balaban J connectivity index is 1.83. The average molecular weight is 390 g/mol. The first-order chi connectivity index (χ1) is 13.0. The number of carbonyl (C=O) groups excluding carboxylic acids is 1. The van der Waals surface area contributed by atoms with E-state index >= 15 is 0 Å². The monoisotopic (exact) mass is 389 g/mol. The third kappa shape index (κ3) is 7.26. The van der Waals surface area contributed by atoms with Gasteiger partial charge in [-0.05, 0) is 32.9 Å². The quantitative estimate of drug-likeness (QED) is 0.367. The molecular weight excluding hydrogens is 362 g/mol. The molecule has 0 radical (unpaired) electrons. The number of rotatable bonds is 8. The van der Waals surface area contributed by atoms with Gasteiger partial charge in [-0.3, -0.25) is 4.79 Å². The van der Waals surface area contributed by atoms with Crippen LogP contribution in [0.25, 0.3) is 0 Å². The summed E-state index contributed by atoms with van der Waals surface area (Å²) in [5.74, 6) is 1.35. The fraction of sp³-hybridized carbons (Fsp3) is 0.421. The molecule has 0 saturated heterocycles. The van der Waals surface area contributed by atoms with Crippen molar-refractivity contribution in [3.8, 4) is 5.75 Å². The van der Waals surface area contributed by atoms with Crippen LogP contribution >= 0.6 is 11.3 Å². The van der Waals surface area contributed by atoms with Crippen LogP contribution in [0, 0.1) is 13.8 Å². The molecule has 2 rings (SSSR count). The molecule has 0 aliphatic heterocycles. The minimum Gasteiger partial charge on any atom is -0.492 e. The molecule has 1 aromatic carbocycles. The highest BCUT2D eigenvalue weighted by Gasteiger charge is 2.05. The maximum Gasteiger partial charge on any atom is 0.221 e. The lowest BCUT2D eigenvalue weighted by molar-refractivity contribution is -0.114. The zero-order chi connectivity index (χ0) is 19.6. The number of amides is 1. The van der Waals surface area contributed by atoms with Gasteiger partial charge >= 0.3 is 0 Å². The third-order valence-corrected chi connectivity index (χ3v) is 4.60. The minimum atomic E-state index is -0.105. The van der Waals surface area contributed by atoms with Crippen LogP contribution in [0.2, 0.25) is 0 Å². The van der Waals surface area contributed by atoms with Crippen molar-refractivity contribution in [3.63, 3.8) is 0 Å². The second-order valence-corrected chi connectivity index (χ2v) is 7.21. The van der Waals surface area contributed by atoms with Gasteiger partial charge in [0.2, 0.25) is 5.91 Å². The predicted octanol–water partition coefficient (Wildman–Crippen LogP) is 2.85. The summed E-state index contributed by atoms with van der Waals surface area (Å²) in [4.78, 5) is 21.3. The Hall–Kier alpha value is -2.61. The van der Waals surface area contributed by atoms with Crippen LogP contribution in [-0.4, -0.2) is 36.5 Å². The third-order valence-electron chi connectivity index (χ3n) is 3.54. The van der Waals surface area contributed by atoms with E-state index in [1.165, 1.54) is 11.8 Å². The number of anilines is 1. The largest absolute Gasteiger partial charge is 0.492 e. The van der Waals surface area contributed by atoms with Crippen molar-refractivity contribution < 1.29 is 9.53 Å². The van der Waals surface area contributed by atoms with Crippen molar-refractivity contribution >= 4 is 28.9 Å². The van der Waals surface area contributed by atoms with Crippen LogP contribution in [-0.2, 0) is 11.3 Å². The second-order valence-electron chi connectivity index (χ2n) is 5.92. The fourth-order valence-corrected chi connectivity index (χ4v) is 3.28. The van der Waals surface area contributed by atoms with Gasteiger partial charge in [0.15, 0.2) is 5.96 Å². The predicted molar refractivity (Wildman–Crippen MR) is 111 cm³/mol. The van der Waals surface area contributed by atoms with E-state index in [0.29, 0.717) is 25.4 Å². The summed E-state index contributed by atoms with van der Waals surface area (Å²) in [7, 11) is 0. The van der Waals surface area contributed by atoms with Crippen LogP contribution in [0.4, 0.5) is 5.69 Å². The van der Waals surface area contributed by atoms with E-state index in [1.54, 1.807) is 17.4 Å². The lowest BCUT2D eigenvalue weighted by Crippen LogP contribution is -2.39. The summed E-state index contributed by atoms with van der Waals surface area (Å²) in [6.45, 7) is 10.0. The SMILES string of the molecule is CCNC(=NCc1sc(C)nc1C)NCCOc1cccc(NC(C)=O)c1. The van der Waals surface area contributed by atoms with Crippen LogP contribution in [0.5, 0.6) is 5.75 Å². The molecule has 1 amide bonds. The van der Waals surface area contributed by atoms with Gasteiger partial charge in [-0.2, -0.15) is 0 Å². The average Bonchev–Trinajstić information content (AvgIpc) is 2.93. The molecule has 0 saturated carbocycles. The first-order valence-electron chi connectivity index (χ1n) is 8.93. The van der Waals surface area contributed by atoms with E-state index < -0.39 is 0 Å². The van der Waals surface area contributed by atoms with Gasteiger partial charge in [0, 0.05) is 30.1 Å². The van der Waals surface area contributed by atoms with Crippen molar-refractivity contribution in [1.82, 2.24) is 15.6 Å². The number of thiazole rings is 1. The molecule has 0 aliphatic rings. The molecule has 0 spiro atoms. The number of hydrogen-bond donors (Lipinski definition) is 3. The Morgan fingerprint density at radius 3 is 2.78 bits per heavy atom. The van der Waals surface area contributed by atoms with Gasteiger partial charge in [-0.15, -0.1) is 11.3 Å². The molecule has 3 N–H and O–H groups in total. The summed E-state index contributed by atoms with van der Waals surface area (Å²) in [6, 6.07) is 7.33. The smallest absolute Gasteiger partial charge is 0.221 e. The van der Waals surface area contributed by atoms with E-state index in [-0.39, 0.29) is 5.91 Å². The van der Waals surface area contributed by atoms with Crippen molar-refractivity contribution in [2.45, 2.75) is 34.2 Å². The zero-order valence-electron chi connectivity index (χ0n) is 16.3. The molecule has 8 heteroatoms. The number of ether oxygens (including phenoxy) is 1. The molecule has 0 unspecified atom stereocenters. The fourth-order valence-electron chi connectivity index (χ4n) is 2.42. The number of aryl methyl sites for hydroxylation is 2. The van der Waals surface area contributed by atoms with Crippen LogP contribution in [0.3, 0.4) is 0 Å². The molecule has 27 heavy (non-hydrogen) atoms. The molecule has 0 bridgehead atoms. The molecular formula is C19H27N5O2S. The number of carbonyl (C=O) groups is 1. The van der Waals surface area contributed by atoms with Crippen molar-refractivity contribution in [1.29, 1.82) is 0 Å². The maximum atomic E-state index is 11.1. The Bertz CT molecular complexity index is 788. The minimum absolute atomic E-state index is 0.105. The van der Waals surface area contributed by atoms with E-state index in [0.717, 1.165) is 28.9 Å². The Kier molecular flexibility index (Phi) is 8.06. The van der Waals surface area contributed by atoms with Crippen LogP contribution in [0.1, 0.15) is 29.4 Å². The van der Waals surface area contributed by atoms with Gasteiger partial charge in [0.25, 0.3) is 0 Å². The van der Waals surface area contributed by atoms with Crippen molar-refractivity contribution in [2.24, 2.45) is 4.99 Å². The Morgan fingerprint density at radius 1 is 1.30 bits per heavy atom. The molecule has 0 aliphatic carbocycles. The lowest BCUT2D eigenvalue weighted by atomic mass is 10.3. The van der Waals surface area contributed by atoms with Gasteiger partial charge in [0.1, 0.15) is 12.4 Å². The highest BCUT2D eigenvalue weighted by Crippen LogP contribution is 2.18. The first kappa shape index (κ1) is 20.7. The zero-order valence-corrected chi connectivity index (χ0v) is 17.1. The summed E-state index contributed by atoms with van der Waals surface area (Å²) in [5, 5.41) is 10.3. The van der Waals surface area contributed by atoms with Crippen LogP contribution < -0.4 is 20.7 Å². The Labute approximate surface area is 164 Å². The van der Waals surface area contributed by atoms with Crippen molar-refractivity contribution in [2.75, 3.05) is 25.0 Å². The van der Waals surface area contributed by atoms with E-state index in [9.17, 15) is 4.79 Å². The number of aliphatic imine (C=N–C) groups is 1. The highest BCUT2D eigenvalue weighted by atomic mass is 32.1. The summed E-state index contributed by atoms with van der Waals surface area (Å²) >= 11 is 1.68. The molecule has 1 heterocycles. The molecule has 1 aromatic heterocycles. The molecule has 7 nitrogen and oxygen atoms in total. The number of guanidine groups is 1. The van der Waals surface area contributed by atoms with Gasteiger partial charge in [-0.1, -0.05) is 6.07 Å². The highest BCUT2D eigenvalue weighted by molar-refractivity contribution is 7.11. The molecule has 146 valence electrons. The van der Waals surface area contributed by atoms with Gasteiger partial charge in [0.05, 0.1) is 23.8 Å². The van der Waals surface area contributed by atoms with E-state index in [1.807, 2.05) is 39.0 Å². The number of nitrogens with one attached hydrogen (secondary N) is 3. The number of hydrogen-bond acceptors (Lipinski definition) is 5. The lowest BCUT2D eigenvalue weighted by Gasteiger charge is -2.12. The van der Waals surface area contributed by atoms with Crippen LogP contribution in [0.15, 0.2) is 29.3 Å². The number of benzene rings is 1. The maximum absolute atomic E-state index is 11.1. The first-order valence-corrected chi connectivity index (χ1v) is 9.75. The topological polar surface area (TPSA) is 87.6 Å². The number of nitrogens with zero attached hydrogens (tertiary/aromatic N) is 2. The van der Waals surface area contributed by atoms with E-state index in [4.69, 9.17) is 4.74 Å². The Morgan fingerprint density at radius 2 is 2.11 bits per heavy atom. The van der Waals surface area contributed by atoms with E-state index in [2.05, 4.69) is 25.9 Å². The van der Waals surface area contributed by atoms with Gasteiger partial charge in [-0.25, -0.2) is 9.98 Å².